The van der Waals surface area contributed by atoms with Gasteiger partial charge in [-0.2, -0.15) is 4.31 Å². The Labute approximate surface area is 124 Å². The minimum atomic E-state index is -3.73. The zero-order valence-corrected chi connectivity index (χ0v) is 12.9. The van der Waals surface area contributed by atoms with E-state index in [0.29, 0.717) is 13.1 Å². The maximum Gasteiger partial charge on any atom is 0.223 e. The Balaban J connectivity index is 2.32. The first-order valence-electron chi connectivity index (χ1n) is 6.96. The number of carbonyl (C=O) groups is 2. The zero-order chi connectivity index (χ0) is 15.7. The van der Waals surface area contributed by atoms with Gasteiger partial charge in [-0.25, -0.2) is 8.42 Å². The van der Waals surface area contributed by atoms with Crippen LogP contribution in [0.4, 0.5) is 0 Å². The van der Waals surface area contributed by atoms with Crippen LogP contribution in [-0.4, -0.2) is 54.8 Å². The molecule has 0 saturated carbocycles. The van der Waals surface area contributed by atoms with Crippen LogP contribution in [0.2, 0.25) is 0 Å². The van der Waals surface area contributed by atoms with E-state index in [1.807, 2.05) is 0 Å². The molecule has 1 heterocycles. The van der Waals surface area contributed by atoms with E-state index in [0.717, 1.165) is 0 Å². The molecule has 118 valence electrons. The van der Waals surface area contributed by atoms with Crippen LogP contribution in [0.3, 0.4) is 0 Å². The minimum absolute atomic E-state index is 0.0278. The third-order valence-corrected chi connectivity index (χ3v) is 6.55. The van der Waals surface area contributed by atoms with Crippen LogP contribution in [0, 0.1) is 0 Å². The van der Waals surface area contributed by atoms with Crippen molar-refractivity contribution >= 4 is 21.7 Å². The Kier molecular flexibility index (Phi) is 4.50. The second kappa shape index (κ2) is 5.86. The summed E-state index contributed by atoms with van der Waals surface area (Å²) in [6.45, 7) is 2.73. The number of hydrogen-bond acceptors (Lipinski definition) is 5. The summed E-state index contributed by atoms with van der Waals surface area (Å²) in [5, 5.41) is 3.07. The molecule has 21 heavy (non-hydrogen) atoms. The first-order valence-corrected chi connectivity index (χ1v) is 8.40. The molecule has 0 radical (unpaired) electrons. The van der Waals surface area contributed by atoms with Crippen LogP contribution in [-0.2, 0) is 19.6 Å². The summed E-state index contributed by atoms with van der Waals surface area (Å²) >= 11 is 0. The van der Waals surface area contributed by atoms with Gasteiger partial charge in [0, 0.05) is 44.9 Å². The molecule has 0 aromatic carbocycles. The molecule has 1 saturated heterocycles. The van der Waals surface area contributed by atoms with Crippen molar-refractivity contribution in [3.05, 3.63) is 12.2 Å². The highest BCUT2D eigenvalue weighted by Gasteiger charge is 2.46. The molecule has 8 heteroatoms. The van der Waals surface area contributed by atoms with Crippen molar-refractivity contribution in [2.45, 2.75) is 37.0 Å². The standard InChI is InChI=1S/C13H21N3O4S/c1-13(4-2-3-11(17)8-13)21(19,20)16-6-5-15-9-10(16)7-12(14)18/h2,4,10,15H,3,5-9H2,1H3,(H2,14,18)/t10-,13-/m1/s1. The number of hydrogen-bond donors (Lipinski definition) is 2. The Morgan fingerprint density at radius 3 is 2.90 bits per heavy atom. The number of ketones is 1. The first-order chi connectivity index (χ1) is 9.76. The quantitative estimate of drug-likeness (QED) is 0.656. The lowest BCUT2D eigenvalue weighted by Crippen LogP contribution is -2.59. The van der Waals surface area contributed by atoms with E-state index < -0.39 is 26.7 Å². The summed E-state index contributed by atoms with van der Waals surface area (Å²) in [5.41, 5.74) is 5.21. The molecule has 7 nitrogen and oxygen atoms in total. The molecule has 0 unspecified atom stereocenters. The van der Waals surface area contributed by atoms with E-state index in [2.05, 4.69) is 5.32 Å². The number of rotatable bonds is 4. The molecule has 1 aliphatic heterocycles. The first kappa shape index (κ1) is 16.1. The molecule has 1 fully saturated rings. The van der Waals surface area contributed by atoms with Gasteiger partial charge < -0.3 is 11.1 Å². The summed E-state index contributed by atoms with van der Waals surface area (Å²) in [6, 6.07) is -0.497. The topological polar surface area (TPSA) is 110 Å². The van der Waals surface area contributed by atoms with Gasteiger partial charge in [0.1, 0.15) is 10.5 Å². The second-order valence-electron chi connectivity index (χ2n) is 5.78. The van der Waals surface area contributed by atoms with E-state index >= 15 is 0 Å². The van der Waals surface area contributed by atoms with E-state index in [4.69, 9.17) is 5.73 Å². The lowest BCUT2D eigenvalue weighted by molar-refractivity contribution is -0.120. The van der Waals surface area contributed by atoms with Crippen molar-refractivity contribution in [3.63, 3.8) is 0 Å². The van der Waals surface area contributed by atoms with Crippen molar-refractivity contribution in [3.8, 4) is 0 Å². The third-order valence-electron chi connectivity index (χ3n) is 4.00. The van der Waals surface area contributed by atoms with Crippen LogP contribution in [0.1, 0.15) is 26.2 Å². The smallest absolute Gasteiger partial charge is 0.223 e. The summed E-state index contributed by atoms with van der Waals surface area (Å²) in [6.07, 6.45) is 3.41. The number of sulfonamides is 1. The third kappa shape index (κ3) is 3.17. The molecule has 2 aliphatic rings. The molecule has 2 rings (SSSR count). The number of amides is 1. The highest BCUT2D eigenvalue weighted by Crippen LogP contribution is 2.32. The maximum atomic E-state index is 12.9. The SMILES string of the molecule is C[C@@]1(S(=O)(=O)N2CCNC[C@H]2CC(N)=O)C=CCC(=O)C1. The number of allylic oxidation sites excluding steroid dienone is 1. The highest BCUT2D eigenvalue weighted by atomic mass is 32.2. The average Bonchev–Trinajstić information content (AvgIpc) is 2.38. The van der Waals surface area contributed by atoms with Crippen LogP contribution < -0.4 is 11.1 Å². The Morgan fingerprint density at radius 2 is 2.29 bits per heavy atom. The maximum absolute atomic E-state index is 12.9. The normalized spacial score (nSPS) is 31.3. The van der Waals surface area contributed by atoms with Gasteiger partial charge in [-0.15, -0.1) is 0 Å². The van der Waals surface area contributed by atoms with Crippen molar-refractivity contribution in [2.24, 2.45) is 5.73 Å². The Morgan fingerprint density at radius 1 is 1.57 bits per heavy atom. The predicted molar refractivity (Wildman–Crippen MR) is 77.9 cm³/mol. The van der Waals surface area contributed by atoms with Crippen LogP contribution in [0.5, 0.6) is 0 Å². The molecule has 0 aromatic heterocycles. The predicted octanol–water partition coefficient (Wildman–Crippen LogP) is -0.857. The fraction of sp³-hybridized carbons (Fsp3) is 0.692. The van der Waals surface area contributed by atoms with Crippen LogP contribution in [0.25, 0.3) is 0 Å². The van der Waals surface area contributed by atoms with Gasteiger partial charge >= 0.3 is 0 Å². The molecule has 2 atom stereocenters. The van der Waals surface area contributed by atoms with Gasteiger partial charge in [-0.1, -0.05) is 12.2 Å². The second-order valence-corrected chi connectivity index (χ2v) is 8.13. The van der Waals surface area contributed by atoms with Gasteiger partial charge in [-0.05, 0) is 6.92 Å². The van der Waals surface area contributed by atoms with Crippen molar-refractivity contribution < 1.29 is 18.0 Å². The highest BCUT2D eigenvalue weighted by molar-refractivity contribution is 7.90. The fourth-order valence-electron chi connectivity index (χ4n) is 2.87. The van der Waals surface area contributed by atoms with Gasteiger partial charge in [0.15, 0.2) is 0 Å². The van der Waals surface area contributed by atoms with Gasteiger partial charge in [0.05, 0.1) is 0 Å². The van der Waals surface area contributed by atoms with E-state index in [9.17, 15) is 18.0 Å². The molecule has 0 bridgehead atoms. The van der Waals surface area contributed by atoms with E-state index in [1.54, 1.807) is 19.1 Å². The number of piperazine rings is 1. The minimum Gasteiger partial charge on any atom is -0.370 e. The lowest BCUT2D eigenvalue weighted by atomic mass is 9.96. The fourth-order valence-corrected chi connectivity index (χ4v) is 4.89. The van der Waals surface area contributed by atoms with Crippen LogP contribution >= 0.6 is 0 Å². The molecule has 1 amide bonds. The summed E-state index contributed by atoms with van der Waals surface area (Å²) in [7, 11) is -3.73. The zero-order valence-electron chi connectivity index (χ0n) is 12.0. The molecule has 1 aliphatic carbocycles. The molecular weight excluding hydrogens is 294 g/mol. The molecular formula is C13H21N3O4S. The number of carbonyl (C=O) groups excluding carboxylic acids is 2. The Hall–Kier alpha value is -1.25. The van der Waals surface area contributed by atoms with Crippen molar-refractivity contribution in [1.82, 2.24) is 9.62 Å². The van der Waals surface area contributed by atoms with Crippen LogP contribution in [0.15, 0.2) is 12.2 Å². The van der Waals surface area contributed by atoms with Gasteiger partial charge in [-0.3, -0.25) is 9.59 Å². The van der Waals surface area contributed by atoms with E-state index in [-0.39, 0.29) is 31.6 Å². The Bertz CT molecular complexity index is 572. The monoisotopic (exact) mass is 315 g/mol. The molecule has 3 N–H and O–H groups in total. The molecule has 0 spiro atoms. The number of nitrogens with one attached hydrogen (secondary N) is 1. The van der Waals surface area contributed by atoms with E-state index in [1.165, 1.54) is 4.31 Å². The number of primary amides is 1. The average molecular weight is 315 g/mol. The summed E-state index contributed by atoms with van der Waals surface area (Å²) < 4.78 is 26.0. The largest absolute Gasteiger partial charge is 0.370 e. The summed E-state index contributed by atoms with van der Waals surface area (Å²) in [4.78, 5) is 22.8. The number of nitrogens with two attached hydrogens (primary N) is 1. The van der Waals surface area contributed by atoms with Crippen molar-refractivity contribution in [2.75, 3.05) is 19.6 Å². The van der Waals surface area contributed by atoms with Gasteiger partial charge in [0.2, 0.25) is 15.9 Å². The van der Waals surface area contributed by atoms with Gasteiger partial charge in [0.25, 0.3) is 0 Å². The number of Topliss-reactive ketones (excluding diaryl/α,β-unsaturated/α-hetero) is 1. The van der Waals surface area contributed by atoms with Crippen molar-refractivity contribution in [1.29, 1.82) is 0 Å². The summed E-state index contributed by atoms with van der Waals surface area (Å²) in [5.74, 6) is -0.630. The lowest BCUT2D eigenvalue weighted by Gasteiger charge is -2.40. The molecule has 0 aromatic rings. The number of nitrogens with zero attached hydrogens (tertiary/aromatic N) is 1.